The number of hydrogen-bond donors (Lipinski definition) is 1. The third kappa shape index (κ3) is 6.10. The lowest BCUT2D eigenvalue weighted by Gasteiger charge is -2.25. The maximum Gasteiger partial charge on any atom is 0.271 e. The zero-order valence-corrected chi connectivity index (χ0v) is 29.4. The molecule has 1 N–H and O–H groups in total. The summed E-state index contributed by atoms with van der Waals surface area (Å²) in [6.07, 6.45) is 1.96. The molecular formula is C44H34N4O3S. The highest BCUT2D eigenvalue weighted by Crippen LogP contribution is 2.37. The second-order valence-electron chi connectivity index (χ2n) is 12.4. The molecule has 5 aromatic carbocycles. The summed E-state index contributed by atoms with van der Waals surface area (Å²) in [6, 6.07) is 49.0. The van der Waals surface area contributed by atoms with E-state index in [1.807, 2.05) is 122 Å². The molecule has 0 saturated carbocycles. The second-order valence-corrected chi connectivity index (χ2v) is 13.4. The number of carbonyl (C=O) groups excluding carboxylic acids is 1. The van der Waals surface area contributed by atoms with E-state index >= 15 is 0 Å². The summed E-state index contributed by atoms with van der Waals surface area (Å²) in [5.74, 6) is 0.360. The molecule has 0 bridgehead atoms. The largest absolute Gasteiger partial charge is 0.497 e. The van der Waals surface area contributed by atoms with E-state index in [0.717, 1.165) is 39.3 Å². The van der Waals surface area contributed by atoms with Gasteiger partial charge in [0.15, 0.2) is 4.80 Å². The summed E-state index contributed by atoms with van der Waals surface area (Å²) >= 11 is 1.32. The highest BCUT2D eigenvalue weighted by atomic mass is 32.1. The first kappa shape index (κ1) is 32.7. The quantitative estimate of drug-likeness (QED) is 0.175. The van der Waals surface area contributed by atoms with Crippen LogP contribution < -0.4 is 24.9 Å². The average molecular weight is 699 g/mol. The third-order valence-electron chi connectivity index (χ3n) is 9.18. The van der Waals surface area contributed by atoms with Crippen LogP contribution in [0.3, 0.4) is 0 Å². The number of methoxy groups -OCH3 is 1. The Balaban J connectivity index is 1.35. The topological polar surface area (TPSA) is 77.6 Å². The number of thiazole rings is 1. The molecule has 8 rings (SSSR count). The Kier molecular flexibility index (Phi) is 8.81. The van der Waals surface area contributed by atoms with E-state index in [-0.39, 0.29) is 11.5 Å². The molecule has 1 aliphatic rings. The van der Waals surface area contributed by atoms with Gasteiger partial charge >= 0.3 is 0 Å². The van der Waals surface area contributed by atoms with Gasteiger partial charge in [-0.1, -0.05) is 121 Å². The van der Waals surface area contributed by atoms with Crippen molar-refractivity contribution in [1.29, 1.82) is 0 Å². The number of ether oxygens (including phenoxy) is 1. The van der Waals surface area contributed by atoms with Crippen molar-refractivity contribution in [2.45, 2.75) is 13.0 Å². The molecule has 1 amide bonds. The minimum Gasteiger partial charge on any atom is -0.497 e. The normalized spacial score (nSPS) is 14.1. The monoisotopic (exact) mass is 698 g/mol. The van der Waals surface area contributed by atoms with Crippen molar-refractivity contribution in [3.63, 3.8) is 0 Å². The van der Waals surface area contributed by atoms with Gasteiger partial charge in [-0.2, -0.15) is 0 Å². The Hall–Kier alpha value is -6.51. The number of carbonyl (C=O) groups is 1. The number of aromatic nitrogens is 2. The van der Waals surface area contributed by atoms with E-state index in [1.165, 1.54) is 11.3 Å². The van der Waals surface area contributed by atoms with E-state index in [2.05, 4.69) is 52.3 Å². The van der Waals surface area contributed by atoms with Gasteiger partial charge in [-0.15, -0.1) is 0 Å². The third-order valence-corrected chi connectivity index (χ3v) is 10.2. The van der Waals surface area contributed by atoms with Crippen molar-refractivity contribution >= 4 is 29.0 Å². The van der Waals surface area contributed by atoms with Gasteiger partial charge in [0.1, 0.15) is 5.75 Å². The number of para-hydroxylation sites is 2. The number of anilines is 1. The first-order valence-corrected chi connectivity index (χ1v) is 17.8. The minimum absolute atomic E-state index is 0.227. The summed E-state index contributed by atoms with van der Waals surface area (Å²) in [7, 11) is 1.61. The molecule has 7 nitrogen and oxygen atoms in total. The van der Waals surface area contributed by atoms with Crippen molar-refractivity contribution in [2.24, 2.45) is 4.99 Å². The lowest BCUT2D eigenvalue weighted by atomic mass is 9.95. The molecule has 0 unspecified atom stereocenters. The molecule has 8 heteroatoms. The summed E-state index contributed by atoms with van der Waals surface area (Å²) in [4.78, 5) is 34.2. The summed E-state index contributed by atoms with van der Waals surface area (Å²) in [5.41, 5.74) is 8.07. The number of allylic oxidation sites excluding steroid dienone is 1. The Morgan fingerprint density at radius 3 is 2.02 bits per heavy atom. The van der Waals surface area contributed by atoms with E-state index in [9.17, 15) is 9.59 Å². The fourth-order valence-electron chi connectivity index (χ4n) is 6.77. The zero-order valence-electron chi connectivity index (χ0n) is 28.6. The number of nitrogens with zero attached hydrogens (tertiary/aromatic N) is 3. The van der Waals surface area contributed by atoms with Crippen LogP contribution in [0.1, 0.15) is 24.1 Å². The molecule has 0 saturated heterocycles. The number of hydrogen-bond acceptors (Lipinski definition) is 5. The van der Waals surface area contributed by atoms with Crippen molar-refractivity contribution < 1.29 is 9.53 Å². The molecule has 7 aromatic rings. The Labute approximate surface area is 304 Å². The van der Waals surface area contributed by atoms with Gasteiger partial charge in [0.2, 0.25) is 0 Å². The first-order chi connectivity index (χ1) is 25.5. The molecule has 0 aliphatic carbocycles. The maximum absolute atomic E-state index is 14.7. The number of fused-ring (bicyclic) bond motifs is 1. The van der Waals surface area contributed by atoms with Crippen LogP contribution in [0.2, 0.25) is 0 Å². The SMILES string of the molecule is COc1ccc([C@H]2C(C(=O)Nc3ccccc3)=C(C)N=c3s/c(=C/c4cc(-c5ccccc5)n(-c5ccccc5)c4-c4ccccc4)c(=O)n32)cc1. The van der Waals surface area contributed by atoms with Gasteiger partial charge in [0.05, 0.1) is 40.3 Å². The van der Waals surface area contributed by atoms with Crippen LogP contribution in [0, 0.1) is 0 Å². The minimum atomic E-state index is -0.713. The van der Waals surface area contributed by atoms with Crippen LogP contribution in [0.15, 0.2) is 173 Å². The van der Waals surface area contributed by atoms with E-state index in [0.29, 0.717) is 32.0 Å². The van der Waals surface area contributed by atoms with Crippen LogP contribution >= 0.6 is 11.3 Å². The van der Waals surface area contributed by atoms with Crippen molar-refractivity contribution in [3.05, 3.63) is 194 Å². The highest BCUT2D eigenvalue weighted by molar-refractivity contribution is 7.07. The molecule has 1 aliphatic heterocycles. The van der Waals surface area contributed by atoms with Crippen LogP contribution in [0.5, 0.6) is 5.75 Å². The van der Waals surface area contributed by atoms with E-state index in [4.69, 9.17) is 9.73 Å². The van der Waals surface area contributed by atoms with Gasteiger partial charge in [0.25, 0.3) is 11.5 Å². The van der Waals surface area contributed by atoms with Crippen LogP contribution in [-0.2, 0) is 4.79 Å². The van der Waals surface area contributed by atoms with Gasteiger partial charge in [-0.25, -0.2) is 4.99 Å². The summed E-state index contributed by atoms with van der Waals surface area (Å²) in [6.45, 7) is 1.83. The lowest BCUT2D eigenvalue weighted by Crippen LogP contribution is -2.40. The molecule has 0 radical (unpaired) electrons. The highest BCUT2D eigenvalue weighted by Gasteiger charge is 2.33. The smallest absolute Gasteiger partial charge is 0.271 e. The standard InChI is InChI=1S/C44H34N4O3S/c1-29-39(42(49)46-34-19-11-5-12-20-34)41(32-23-25-36(51-2)26-24-32)48-43(50)38(52-44(48)45-29)28-33-27-37(30-15-7-3-8-16-30)47(35-21-13-6-14-22-35)40(33)31-17-9-4-10-18-31/h3-28,41H,1-2H3,(H,46,49)/b38-28+/t41-/m0/s1. The number of amides is 1. The maximum atomic E-state index is 14.7. The number of benzene rings is 5. The van der Waals surface area contributed by atoms with E-state index < -0.39 is 6.04 Å². The number of rotatable bonds is 8. The predicted molar refractivity (Wildman–Crippen MR) is 208 cm³/mol. The van der Waals surface area contributed by atoms with Crippen LogP contribution in [0.25, 0.3) is 34.3 Å². The van der Waals surface area contributed by atoms with Crippen LogP contribution in [0.4, 0.5) is 5.69 Å². The molecule has 52 heavy (non-hydrogen) atoms. The second kappa shape index (κ2) is 14.0. The molecule has 254 valence electrons. The summed E-state index contributed by atoms with van der Waals surface area (Å²) in [5, 5.41) is 3.02. The number of nitrogens with one attached hydrogen (secondary N) is 1. The molecular weight excluding hydrogens is 665 g/mol. The predicted octanol–water partition coefficient (Wildman–Crippen LogP) is 8.01. The van der Waals surface area contributed by atoms with Crippen molar-refractivity contribution in [2.75, 3.05) is 12.4 Å². The zero-order chi connectivity index (χ0) is 35.6. The van der Waals surface area contributed by atoms with Crippen molar-refractivity contribution in [1.82, 2.24) is 9.13 Å². The molecule has 3 heterocycles. The van der Waals surface area contributed by atoms with Gasteiger partial charge in [0, 0.05) is 16.9 Å². The van der Waals surface area contributed by atoms with Gasteiger partial charge in [-0.3, -0.25) is 14.2 Å². The molecule has 0 spiro atoms. The van der Waals surface area contributed by atoms with Gasteiger partial charge in [-0.05, 0) is 72.2 Å². The van der Waals surface area contributed by atoms with Crippen LogP contribution in [-0.4, -0.2) is 22.2 Å². The molecule has 2 aromatic heterocycles. The molecule has 1 atom stereocenters. The van der Waals surface area contributed by atoms with E-state index in [1.54, 1.807) is 11.7 Å². The van der Waals surface area contributed by atoms with Gasteiger partial charge < -0.3 is 14.6 Å². The first-order valence-electron chi connectivity index (χ1n) is 16.9. The Bertz CT molecular complexity index is 2610. The van der Waals surface area contributed by atoms with Crippen molar-refractivity contribution in [3.8, 4) is 34.0 Å². The fourth-order valence-corrected chi connectivity index (χ4v) is 7.81. The summed E-state index contributed by atoms with van der Waals surface area (Å²) < 4.78 is 9.85. The molecule has 0 fully saturated rings. The lowest BCUT2D eigenvalue weighted by molar-refractivity contribution is -0.113. The Morgan fingerprint density at radius 2 is 1.38 bits per heavy atom. The fraction of sp³-hybridized carbons (Fsp3) is 0.0682. The average Bonchev–Trinajstić information content (AvgIpc) is 3.72. The Morgan fingerprint density at radius 1 is 0.788 bits per heavy atom.